The molecule has 7 heteroatoms. The van der Waals surface area contributed by atoms with Gasteiger partial charge in [0.15, 0.2) is 0 Å². The number of rotatable bonds is 10. The fraction of sp³-hybridized carbons (Fsp3) is 0.792. The molecule has 1 heterocycles. The number of likely N-dealkylation sites (N-methyl/N-ethyl adjacent to an activating group) is 1. The zero-order chi connectivity index (χ0) is 23.9. The molecule has 4 atom stereocenters. The molecule has 0 aromatic rings. The highest BCUT2D eigenvalue weighted by Crippen LogP contribution is 2.22. The highest BCUT2D eigenvalue weighted by Gasteiger charge is 2.36. The van der Waals surface area contributed by atoms with Crippen LogP contribution >= 0.6 is 0 Å². The van der Waals surface area contributed by atoms with Crippen LogP contribution in [0.3, 0.4) is 0 Å². The molecule has 1 unspecified atom stereocenters. The summed E-state index contributed by atoms with van der Waals surface area (Å²) in [6.45, 7) is 14.5. The lowest BCUT2D eigenvalue weighted by atomic mass is 9.93. The Morgan fingerprint density at radius 2 is 1.77 bits per heavy atom. The number of carboxylic acids is 1. The number of hydrogen-bond acceptors (Lipinski definition) is 4. The third-order valence-electron chi connectivity index (χ3n) is 6.52. The zero-order valence-corrected chi connectivity index (χ0v) is 20.6. The van der Waals surface area contributed by atoms with Crippen LogP contribution in [0.15, 0.2) is 11.6 Å². The monoisotopic (exact) mass is 437 g/mol. The molecule has 0 spiro atoms. The Morgan fingerprint density at radius 1 is 1.16 bits per heavy atom. The molecular formula is C24H43N3O4. The summed E-state index contributed by atoms with van der Waals surface area (Å²) in [6.07, 6.45) is 5.35. The largest absolute Gasteiger partial charge is 0.478 e. The lowest BCUT2D eigenvalue weighted by Crippen LogP contribution is -2.58. The Hall–Kier alpha value is -1.89. The number of piperidine rings is 1. The molecular weight excluding hydrogens is 394 g/mol. The molecule has 31 heavy (non-hydrogen) atoms. The van der Waals surface area contributed by atoms with Crippen molar-refractivity contribution in [2.45, 2.75) is 98.3 Å². The van der Waals surface area contributed by atoms with Crippen LogP contribution in [-0.4, -0.2) is 70.4 Å². The van der Waals surface area contributed by atoms with Gasteiger partial charge in [0.1, 0.15) is 6.04 Å². The van der Waals surface area contributed by atoms with Crippen LogP contribution in [0.25, 0.3) is 0 Å². The Balaban J connectivity index is 3.09. The molecule has 1 fully saturated rings. The molecule has 0 saturated carbocycles. The molecule has 1 rings (SSSR count). The number of hydrogen-bond donors (Lipinski definition) is 2. The first-order valence-corrected chi connectivity index (χ1v) is 11.7. The van der Waals surface area contributed by atoms with E-state index in [0.29, 0.717) is 0 Å². The van der Waals surface area contributed by atoms with Crippen LogP contribution in [-0.2, 0) is 14.4 Å². The summed E-state index contributed by atoms with van der Waals surface area (Å²) in [4.78, 5) is 41.8. The topological polar surface area (TPSA) is 90.0 Å². The fourth-order valence-electron chi connectivity index (χ4n) is 4.21. The van der Waals surface area contributed by atoms with E-state index in [2.05, 4.69) is 24.1 Å². The van der Waals surface area contributed by atoms with Gasteiger partial charge in [0, 0.05) is 18.7 Å². The molecule has 0 aromatic heterocycles. The number of carbonyl (C=O) groups is 3. The lowest BCUT2D eigenvalue weighted by Gasteiger charge is -2.39. The van der Waals surface area contributed by atoms with E-state index in [-0.39, 0.29) is 47.3 Å². The number of nitrogens with zero attached hydrogens (tertiary/aromatic N) is 2. The first-order valence-electron chi connectivity index (χ1n) is 11.7. The van der Waals surface area contributed by atoms with Crippen molar-refractivity contribution in [3.05, 3.63) is 11.6 Å². The maximum Gasteiger partial charge on any atom is 0.331 e. The van der Waals surface area contributed by atoms with Gasteiger partial charge in [0.25, 0.3) is 0 Å². The first kappa shape index (κ1) is 27.1. The van der Waals surface area contributed by atoms with Crippen molar-refractivity contribution in [3.63, 3.8) is 0 Å². The smallest absolute Gasteiger partial charge is 0.331 e. The van der Waals surface area contributed by atoms with Crippen molar-refractivity contribution < 1.29 is 19.5 Å². The quantitative estimate of drug-likeness (QED) is 0.512. The molecule has 0 aliphatic carbocycles. The third-order valence-corrected chi connectivity index (χ3v) is 6.52. The van der Waals surface area contributed by atoms with Gasteiger partial charge in [-0.2, -0.15) is 0 Å². The van der Waals surface area contributed by atoms with Gasteiger partial charge < -0.3 is 15.3 Å². The van der Waals surface area contributed by atoms with E-state index in [9.17, 15) is 19.5 Å². The molecule has 1 saturated heterocycles. The SMILES string of the molecule is CC[C@H](C)C(/C=C(\C)C(=O)O)N(C)C(=O)[C@@H](NC(=O)[C@H]1CCCCN1C(C)C)C(C)C. The Kier molecular flexibility index (Phi) is 10.7. The molecule has 7 nitrogen and oxygen atoms in total. The molecule has 1 aliphatic heterocycles. The third kappa shape index (κ3) is 7.34. The molecule has 178 valence electrons. The van der Waals surface area contributed by atoms with Gasteiger partial charge in [0.2, 0.25) is 11.8 Å². The normalized spacial score (nSPS) is 21.0. The maximum atomic E-state index is 13.5. The molecule has 2 N–H and O–H groups in total. The summed E-state index contributed by atoms with van der Waals surface area (Å²) >= 11 is 0. The van der Waals surface area contributed by atoms with E-state index < -0.39 is 12.0 Å². The van der Waals surface area contributed by atoms with Gasteiger partial charge in [-0.25, -0.2) is 4.79 Å². The fourth-order valence-corrected chi connectivity index (χ4v) is 4.21. The molecule has 0 bridgehead atoms. The van der Waals surface area contributed by atoms with E-state index in [1.54, 1.807) is 24.9 Å². The summed E-state index contributed by atoms with van der Waals surface area (Å²) < 4.78 is 0. The lowest BCUT2D eigenvalue weighted by molar-refractivity contribution is -0.140. The van der Waals surface area contributed by atoms with Gasteiger partial charge in [-0.3, -0.25) is 14.5 Å². The Labute approximate surface area is 188 Å². The van der Waals surface area contributed by atoms with Crippen LogP contribution in [0.1, 0.15) is 74.1 Å². The number of likely N-dealkylation sites (tertiary alicyclic amines) is 1. The summed E-state index contributed by atoms with van der Waals surface area (Å²) in [5.74, 6) is -1.27. The van der Waals surface area contributed by atoms with E-state index in [4.69, 9.17) is 0 Å². The Morgan fingerprint density at radius 3 is 2.26 bits per heavy atom. The van der Waals surface area contributed by atoms with Crippen molar-refractivity contribution in [2.24, 2.45) is 11.8 Å². The van der Waals surface area contributed by atoms with E-state index >= 15 is 0 Å². The number of aliphatic carboxylic acids is 1. The van der Waals surface area contributed by atoms with Crippen molar-refractivity contribution >= 4 is 17.8 Å². The Bertz CT molecular complexity index is 659. The van der Waals surface area contributed by atoms with Crippen LogP contribution in [0.4, 0.5) is 0 Å². The minimum Gasteiger partial charge on any atom is -0.478 e. The second-order valence-corrected chi connectivity index (χ2v) is 9.55. The number of amides is 2. The summed E-state index contributed by atoms with van der Waals surface area (Å²) in [7, 11) is 1.70. The first-order chi connectivity index (χ1) is 14.4. The van der Waals surface area contributed by atoms with Crippen LogP contribution < -0.4 is 5.32 Å². The van der Waals surface area contributed by atoms with Gasteiger partial charge in [0.05, 0.1) is 12.1 Å². The molecule has 2 amide bonds. The van der Waals surface area contributed by atoms with E-state index in [1.165, 1.54) is 0 Å². The minimum atomic E-state index is -0.992. The molecule has 0 radical (unpaired) electrons. The predicted molar refractivity (Wildman–Crippen MR) is 124 cm³/mol. The van der Waals surface area contributed by atoms with Crippen molar-refractivity contribution in [2.75, 3.05) is 13.6 Å². The second-order valence-electron chi connectivity index (χ2n) is 9.55. The number of nitrogens with one attached hydrogen (secondary N) is 1. The minimum absolute atomic E-state index is 0.0848. The molecule has 0 aromatic carbocycles. The van der Waals surface area contributed by atoms with Gasteiger partial charge in [-0.15, -0.1) is 0 Å². The molecule has 1 aliphatic rings. The van der Waals surface area contributed by atoms with Crippen LogP contribution in [0, 0.1) is 11.8 Å². The maximum absolute atomic E-state index is 13.5. The zero-order valence-electron chi connectivity index (χ0n) is 20.6. The summed E-state index contributed by atoms with van der Waals surface area (Å²) in [5, 5.41) is 12.3. The van der Waals surface area contributed by atoms with Crippen molar-refractivity contribution in [1.82, 2.24) is 15.1 Å². The second kappa shape index (κ2) is 12.2. The van der Waals surface area contributed by atoms with Crippen LogP contribution in [0.2, 0.25) is 0 Å². The highest BCUT2D eigenvalue weighted by atomic mass is 16.4. The van der Waals surface area contributed by atoms with Crippen LogP contribution in [0.5, 0.6) is 0 Å². The van der Waals surface area contributed by atoms with E-state index in [0.717, 1.165) is 32.2 Å². The van der Waals surface area contributed by atoms with E-state index in [1.807, 2.05) is 27.7 Å². The van der Waals surface area contributed by atoms with Gasteiger partial charge >= 0.3 is 5.97 Å². The summed E-state index contributed by atoms with van der Waals surface area (Å²) in [5.41, 5.74) is 0.213. The average molecular weight is 438 g/mol. The number of carbonyl (C=O) groups excluding carboxylic acids is 2. The van der Waals surface area contributed by atoms with Crippen molar-refractivity contribution in [1.29, 1.82) is 0 Å². The standard InChI is InChI=1S/C24H43N3O4/c1-9-17(6)20(14-18(7)24(30)31)26(8)23(29)21(15(2)3)25-22(28)19-12-10-11-13-27(19)16(4)5/h14-17,19-21H,9-13H2,1-8H3,(H,25,28)(H,30,31)/b18-14+/t17-,19+,20?,21-/m0/s1. The van der Waals surface area contributed by atoms with Gasteiger partial charge in [-0.05, 0) is 52.0 Å². The van der Waals surface area contributed by atoms with Crippen molar-refractivity contribution in [3.8, 4) is 0 Å². The number of carboxylic acid groups (broad SMARTS) is 1. The summed E-state index contributed by atoms with van der Waals surface area (Å²) in [6, 6.07) is -0.953. The predicted octanol–water partition coefficient (Wildman–Crippen LogP) is 3.29. The highest BCUT2D eigenvalue weighted by molar-refractivity contribution is 5.90. The van der Waals surface area contributed by atoms with Gasteiger partial charge in [-0.1, -0.05) is 46.6 Å². The average Bonchev–Trinajstić information content (AvgIpc) is 2.73.